The molecule has 0 aromatic rings. The van der Waals surface area contributed by atoms with Crippen LogP contribution in [0.25, 0.3) is 0 Å². The highest BCUT2D eigenvalue weighted by Crippen LogP contribution is 2.44. The Kier molecular flexibility index (Phi) is 29.1. The monoisotopic (exact) mass is 740 g/mol. The Hall–Kier alpha value is -1.69. The normalized spacial score (nSPS) is 20.0. The van der Waals surface area contributed by atoms with Crippen LogP contribution in [0.5, 0.6) is 0 Å². The second-order valence-electron chi connectivity index (χ2n) is 16.4. The van der Waals surface area contributed by atoms with E-state index in [-0.39, 0.29) is 24.3 Å². The Morgan fingerprint density at radius 3 is 1.38 bits per heavy atom. The molecule has 2 aliphatic rings. The van der Waals surface area contributed by atoms with Crippen LogP contribution in [0.15, 0.2) is 48.6 Å². The minimum Gasteiger partial charge on any atom is -0.462 e. The molecule has 2 rings (SSSR count). The quantitative estimate of drug-likeness (QED) is 0.0368. The Bertz CT molecular complexity index is 920. The van der Waals surface area contributed by atoms with Gasteiger partial charge in [-0.05, 0) is 104 Å². The molecule has 1 saturated heterocycles. The predicted octanol–water partition coefficient (Wildman–Crippen LogP) is 13.9. The zero-order valence-corrected chi connectivity index (χ0v) is 35.4. The number of esters is 1. The van der Waals surface area contributed by atoms with Crippen LogP contribution in [0.2, 0.25) is 0 Å². The summed E-state index contributed by atoms with van der Waals surface area (Å²) in [6.45, 7) is 5.43. The third-order valence-electron chi connectivity index (χ3n) is 10.9. The predicted molar refractivity (Wildman–Crippen MR) is 227 cm³/mol. The summed E-state index contributed by atoms with van der Waals surface area (Å²) in [5, 5.41) is 0. The van der Waals surface area contributed by atoms with Gasteiger partial charge in [-0.15, -0.1) is 0 Å². The number of fused-ring (bicyclic) bond motifs is 1. The Morgan fingerprint density at radius 2 is 0.962 bits per heavy atom. The number of nitrogens with zero attached hydrogens (tertiary/aromatic N) is 1. The summed E-state index contributed by atoms with van der Waals surface area (Å²) in [7, 11) is 4.08. The number of hydrogen-bond acceptors (Lipinski definition) is 5. The molecule has 5 heteroatoms. The van der Waals surface area contributed by atoms with E-state index in [2.05, 4.69) is 67.4 Å². The van der Waals surface area contributed by atoms with Crippen molar-refractivity contribution in [2.24, 2.45) is 0 Å². The summed E-state index contributed by atoms with van der Waals surface area (Å²) in [5.41, 5.74) is 0. The molecule has 1 saturated carbocycles. The first-order chi connectivity index (χ1) is 26.0. The van der Waals surface area contributed by atoms with Crippen molar-refractivity contribution >= 4 is 5.97 Å². The van der Waals surface area contributed by atoms with Crippen LogP contribution in [-0.4, -0.2) is 55.6 Å². The first-order valence-electron chi connectivity index (χ1n) is 22.8. The van der Waals surface area contributed by atoms with Gasteiger partial charge in [0.15, 0.2) is 5.79 Å². The molecule has 0 aromatic heterocycles. The minimum absolute atomic E-state index is 0.0591. The molecule has 5 nitrogen and oxygen atoms in total. The Labute approximate surface area is 328 Å². The van der Waals surface area contributed by atoms with Gasteiger partial charge < -0.3 is 19.1 Å². The van der Waals surface area contributed by atoms with Gasteiger partial charge in [0.1, 0.15) is 6.10 Å². The highest BCUT2D eigenvalue weighted by atomic mass is 16.8. The molecule has 1 heterocycles. The minimum atomic E-state index is -0.444. The van der Waals surface area contributed by atoms with E-state index in [1.807, 2.05) is 14.1 Å². The first kappa shape index (κ1) is 47.5. The lowest BCUT2D eigenvalue weighted by molar-refractivity contribution is -0.196. The standard InChI is InChI=1S/C48H85NO4/c1-5-7-9-11-13-15-17-19-21-23-25-27-29-31-33-35-39-48(40-36-34-32-30-28-26-24-22-20-18-16-14-12-10-8-6-2)52-45-42-44(43-46(45)53-48)51-47(50)38-37-41-49(3)4/h13-16,19-22,44-46H,5-12,17-18,23-43H2,1-4H3/b15-13-,16-14-,21-19-,22-20-/t44?,45-,46?/m1/s1. The maximum Gasteiger partial charge on any atom is 0.306 e. The third kappa shape index (κ3) is 25.2. The van der Waals surface area contributed by atoms with E-state index in [1.165, 1.54) is 128 Å². The van der Waals surface area contributed by atoms with Crippen LogP contribution in [0.1, 0.15) is 206 Å². The van der Waals surface area contributed by atoms with Crippen molar-refractivity contribution in [3.8, 4) is 0 Å². The SMILES string of the molecule is CCCCC/C=C\C/C=C\CCCCCCCCC1(CCCCCCCC/C=C\C/C=C\CCCCC)OC2CC(OC(=O)CCCN(C)C)C[C@H]2O1. The van der Waals surface area contributed by atoms with Gasteiger partial charge in [0.05, 0.1) is 12.2 Å². The van der Waals surface area contributed by atoms with Crippen molar-refractivity contribution in [2.75, 3.05) is 20.6 Å². The van der Waals surface area contributed by atoms with Crippen LogP contribution in [0, 0.1) is 0 Å². The van der Waals surface area contributed by atoms with Gasteiger partial charge in [-0.25, -0.2) is 0 Å². The fourth-order valence-corrected chi connectivity index (χ4v) is 7.75. The molecule has 0 radical (unpaired) electrons. The van der Waals surface area contributed by atoms with Gasteiger partial charge in [0, 0.05) is 32.1 Å². The molecule has 0 aromatic carbocycles. The molecule has 0 bridgehead atoms. The fourth-order valence-electron chi connectivity index (χ4n) is 7.75. The van der Waals surface area contributed by atoms with Gasteiger partial charge in [-0.1, -0.05) is 140 Å². The van der Waals surface area contributed by atoms with Gasteiger partial charge in [-0.3, -0.25) is 4.79 Å². The van der Waals surface area contributed by atoms with Crippen LogP contribution < -0.4 is 0 Å². The van der Waals surface area contributed by atoms with Gasteiger partial charge in [0.2, 0.25) is 0 Å². The Balaban J connectivity index is 1.65. The Morgan fingerprint density at radius 1 is 0.566 bits per heavy atom. The summed E-state index contributed by atoms with van der Waals surface area (Å²) in [6.07, 6.45) is 53.9. The molecular weight excluding hydrogens is 655 g/mol. The van der Waals surface area contributed by atoms with E-state index in [1.54, 1.807) is 0 Å². The van der Waals surface area contributed by atoms with E-state index in [4.69, 9.17) is 14.2 Å². The molecule has 2 unspecified atom stereocenters. The molecule has 3 atom stereocenters. The van der Waals surface area contributed by atoms with E-state index < -0.39 is 5.79 Å². The molecule has 306 valence electrons. The van der Waals surface area contributed by atoms with Crippen molar-refractivity contribution in [2.45, 2.75) is 231 Å². The molecular formula is C48H85NO4. The summed E-state index contributed by atoms with van der Waals surface area (Å²) in [6, 6.07) is 0. The first-order valence-corrected chi connectivity index (χ1v) is 22.8. The largest absolute Gasteiger partial charge is 0.462 e. The van der Waals surface area contributed by atoms with Crippen molar-refractivity contribution in [3.63, 3.8) is 0 Å². The van der Waals surface area contributed by atoms with Crippen LogP contribution >= 0.6 is 0 Å². The molecule has 0 spiro atoms. The van der Waals surface area contributed by atoms with Crippen molar-refractivity contribution in [3.05, 3.63) is 48.6 Å². The van der Waals surface area contributed by atoms with Gasteiger partial charge >= 0.3 is 5.97 Å². The van der Waals surface area contributed by atoms with E-state index in [0.717, 1.165) is 64.3 Å². The van der Waals surface area contributed by atoms with E-state index in [9.17, 15) is 4.79 Å². The summed E-state index contributed by atoms with van der Waals surface area (Å²) >= 11 is 0. The van der Waals surface area contributed by atoms with Crippen molar-refractivity contribution < 1.29 is 19.0 Å². The van der Waals surface area contributed by atoms with Gasteiger partial charge in [0.25, 0.3) is 0 Å². The fraction of sp³-hybridized carbons (Fsp3) is 0.812. The molecule has 53 heavy (non-hydrogen) atoms. The van der Waals surface area contributed by atoms with E-state index in [0.29, 0.717) is 6.42 Å². The van der Waals surface area contributed by atoms with Gasteiger partial charge in [-0.2, -0.15) is 0 Å². The number of ether oxygens (including phenoxy) is 3. The molecule has 1 aliphatic carbocycles. The topological polar surface area (TPSA) is 48.0 Å². The summed E-state index contributed by atoms with van der Waals surface area (Å²) < 4.78 is 19.5. The zero-order valence-electron chi connectivity index (χ0n) is 35.4. The lowest BCUT2D eigenvalue weighted by Gasteiger charge is -2.30. The molecule has 0 amide bonds. The maximum atomic E-state index is 12.4. The average molecular weight is 740 g/mol. The van der Waals surface area contributed by atoms with Crippen molar-refractivity contribution in [1.82, 2.24) is 4.90 Å². The smallest absolute Gasteiger partial charge is 0.306 e. The maximum absolute atomic E-state index is 12.4. The lowest BCUT2D eigenvalue weighted by atomic mass is 9.98. The number of unbranched alkanes of at least 4 members (excludes halogenated alkanes) is 18. The van der Waals surface area contributed by atoms with E-state index >= 15 is 0 Å². The second kappa shape index (κ2) is 32.5. The third-order valence-corrected chi connectivity index (χ3v) is 10.9. The number of allylic oxidation sites excluding steroid dienone is 8. The highest BCUT2D eigenvalue weighted by molar-refractivity contribution is 5.69. The summed E-state index contributed by atoms with van der Waals surface area (Å²) in [5.74, 6) is -0.522. The van der Waals surface area contributed by atoms with Crippen LogP contribution in [-0.2, 0) is 19.0 Å². The van der Waals surface area contributed by atoms with Crippen molar-refractivity contribution in [1.29, 1.82) is 0 Å². The molecule has 2 fully saturated rings. The lowest BCUT2D eigenvalue weighted by Crippen LogP contribution is -2.33. The van der Waals surface area contributed by atoms with Crippen LogP contribution in [0.4, 0.5) is 0 Å². The average Bonchev–Trinajstić information content (AvgIpc) is 3.66. The number of hydrogen-bond donors (Lipinski definition) is 0. The second-order valence-corrected chi connectivity index (χ2v) is 16.4. The number of rotatable bonds is 35. The summed E-state index contributed by atoms with van der Waals surface area (Å²) in [4.78, 5) is 14.6. The number of carbonyl (C=O) groups is 1. The number of carbonyl (C=O) groups excluding carboxylic acids is 1. The van der Waals surface area contributed by atoms with Crippen LogP contribution in [0.3, 0.4) is 0 Å². The molecule has 1 aliphatic heterocycles. The highest BCUT2D eigenvalue weighted by Gasteiger charge is 2.52. The zero-order chi connectivity index (χ0) is 38.1. The molecule has 0 N–H and O–H groups in total.